The molecule has 0 aromatic heterocycles. The molecule has 0 aliphatic rings. The molecule has 0 fully saturated rings. The zero-order valence-electron chi connectivity index (χ0n) is 5.95. The van der Waals surface area contributed by atoms with Crippen molar-refractivity contribution in [1.82, 2.24) is 4.31 Å². The molecule has 0 saturated carbocycles. The third kappa shape index (κ3) is 3.61. The molecule has 0 rings (SSSR count). The Bertz CT molecular complexity index is 222. The smallest absolute Gasteiger partial charge is 0.273 e. The zero-order chi connectivity index (χ0) is 9.78. The summed E-state index contributed by atoms with van der Waals surface area (Å²) in [6.45, 7) is -1.02. The van der Waals surface area contributed by atoms with Gasteiger partial charge in [0.25, 0.3) is 0 Å². The molecule has 0 aliphatic carbocycles. The van der Waals surface area contributed by atoms with E-state index in [1.54, 1.807) is 0 Å². The van der Waals surface area contributed by atoms with Crippen LogP contribution in [0.15, 0.2) is 0 Å². The molecule has 0 bridgehead atoms. The lowest BCUT2D eigenvalue weighted by Crippen LogP contribution is -2.36. The van der Waals surface area contributed by atoms with E-state index in [1.807, 2.05) is 0 Å². The van der Waals surface area contributed by atoms with E-state index in [2.05, 4.69) is 0 Å². The van der Waals surface area contributed by atoms with E-state index in [-0.39, 0.29) is 4.31 Å². The molecule has 0 amide bonds. The van der Waals surface area contributed by atoms with Gasteiger partial charge in [-0.1, -0.05) is 0 Å². The van der Waals surface area contributed by atoms with Gasteiger partial charge in [-0.05, 0) is 0 Å². The lowest BCUT2D eigenvalue weighted by atomic mass is 10.4. The fourth-order valence-electron chi connectivity index (χ4n) is 0.515. The van der Waals surface area contributed by atoms with Gasteiger partial charge in [0.05, 0.1) is 12.7 Å². The molecule has 1 unspecified atom stereocenters. The molecule has 8 heteroatoms. The van der Waals surface area contributed by atoms with E-state index in [9.17, 15) is 17.2 Å². The van der Waals surface area contributed by atoms with Crippen LogP contribution in [0.3, 0.4) is 0 Å². The Morgan fingerprint density at radius 3 is 2.33 bits per heavy atom. The molecule has 1 N–H and O–H groups in total. The Morgan fingerprint density at radius 2 is 2.08 bits per heavy atom. The normalized spacial score (nSPS) is 15.1. The molecule has 0 aliphatic heterocycles. The number of hydrogen-bond acceptors (Lipinski definition) is 2. The van der Waals surface area contributed by atoms with Crippen molar-refractivity contribution in [3.05, 3.63) is 0 Å². The summed E-state index contributed by atoms with van der Waals surface area (Å²) in [6, 6.07) is -0.750. The fourth-order valence-corrected chi connectivity index (χ4v) is 1.55. The summed E-state index contributed by atoms with van der Waals surface area (Å²) < 4.78 is 53.1. The minimum atomic E-state index is -4.68. The van der Waals surface area contributed by atoms with Gasteiger partial charge in [-0.2, -0.15) is 8.42 Å². The number of alkyl halides is 3. The molecule has 4 nitrogen and oxygen atoms in total. The Balaban J connectivity index is 4.35. The second kappa shape index (κ2) is 4.90. The molecule has 0 aromatic rings. The van der Waals surface area contributed by atoms with Crippen molar-refractivity contribution >= 4 is 21.9 Å². The van der Waals surface area contributed by atoms with Crippen molar-refractivity contribution in [2.24, 2.45) is 0 Å². The summed E-state index contributed by atoms with van der Waals surface area (Å²) >= 11 is 5.01. The number of halogens is 3. The molecule has 74 valence electrons. The third-order valence-corrected chi connectivity index (χ3v) is 2.42. The standard InChI is InChI=1S/C4H8ClF2NO3S/c5-3-8(12(9,10)11)4(7)1-2-6/h4H,1-3H2,(H,9,10,11). The minimum absolute atomic E-state index is 0.0475. The lowest BCUT2D eigenvalue weighted by molar-refractivity contribution is 0.149. The van der Waals surface area contributed by atoms with E-state index in [1.165, 1.54) is 0 Å². The minimum Gasteiger partial charge on any atom is -0.273 e. The van der Waals surface area contributed by atoms with Crippen LogP contribution in [0.2, 0.25) is 0 Å². The average molecular weight is 224 g/mol. The topological polar surface area (TPSA) is 57.6 Å². The zero-order valence-corrected chi connectivity index (χ0v) is 7.52. The second-order valence-electron chi connectivity index (χ2n) is 1.90. The highest BCUT2D eigenvalue weighted by molar-refractivity contribution is 7.83. The molecule has 0 radical (unpaired) electrons. The lowest BCUT2D eigenvalue weighted by Gasteiger charge is -2.18. The van der Waals surface area contributed by atoms with Crippen LogP contribution in [0.4, 0.5) is 8.78 Å². The van der Waals surface area contributed by atoms with Gasteiger partial charge < -0.3 is 0 Å². The van der Waals surface area contributed by atoms with Crippen LogP contribution in [0, 0.1) is 0 Å². The van der Waals surface area contributed by atoms with Crippen molar-refractivity contribution in [2.75, 3.05) is 12.7 Å². The summed E-state index contributed by atoms with van der Waals surface area (Å²) in [5.74, 6) is 0. The number of hydrogen-bond donors (Lipinski definition) is 1. The van der Waals surface area contributed by atoms with Crippen molar-refractivity contribution < 1.29 is 21.8 Å². The van der Waals surface area contributed by atoms with Crippen molar-refractivity contribution in [2.45, 2.75) is 12.7 Å². The highest BCUT2D eigenvalue weighted by Gasteiger charge is 2.26. The summed E-state index contributed by atoms with van der Waals surface area (Å²) in [5.41, 5.74) is 0. The van der Waals surface area contributed by atoms with Crippen LogP contribution in [0.1, 0.15) is 6.42 Å². The maximum Gasteiger partial charge on any atom is 0.339 e. The quantitative estimate of drug-likeness (QED) is 0.429. The van der Waals surface area contributed by atoms with Gasteiger partial charge in [0.2, 0.25) is 0 Å². The first-order valence-corrected chi connectivity index (χ1v) is 4.87. The predicted octanol–water partition coefficient (Wildman–Crippen LogP) is 0.943. The van der Waals surface area contributed by atoms with Crippen LogP contribution in [0.25, 0.3) is 0 Å². The predicted molar refractivity (Wildman–Crippen MR) is 39.6 cm³/mol. The molecular formula is C4H8ClF2NO3S. The summed E-state index contributed by atoms with van der Waals surface area (Å²) in [7, 11) is -4.68. The number of nitrogens with zero attached hydrogens (tertiary/aromatic N) is 1. The molecule has 12 heavy (non-hydrogen) atoms. The van der Waals surface area contributed by atoms with Gasteiger partial charge >= 0.3 is 10.3 Å². The van der Waals surface area contributed by atoms with Gasteiger partial charge in [-0.3, -0.25) is 8.94 Å². The Morgan fingerprint density at radius 1 is 1.58 bits per heavy atom. The molecular weight excluding hydrogens is 216 g/mol. The third-order valence-electron chi connectivity index (χ3n) is 1.07. The van der Waals surface area contributed by atoms with E-state index < -0.39 is 35.7 Å². The van der Waals surface area contributed by atoms with Crippen LogP contribution in [0.5, 0.6) is 0 Å². The van der Waals surface area contributed by atoms with E-state index in [4.69, 9.17) is 16.2 Å². The summed E-state index contributed by atoms with van der Waals surface area (Å²) in [4.78, 5) is 0. The van der Waals surface area contributed by atoms with Crippen LogP contribution in [-0.2, 0) is 10.3 Å². The van der Waals surface area contributed by atoms with Gasteiger partial charge in [-0.25, -0.2) is 4.39 Å². The van der Waals surface area contributed by atoms with Crippen LogP contribution < -0.4 is 0 Å². The molecule has 0 aromatic carbocycles. The van der Waals surface area contributed by atoms with Crippen LogP contribution >= 0.6 is 11.6 Å². The van der Waals surface area contributed by atoms with Crippen molar-refractivity contribution in [3.8, 4) is 0 Å². The maximum atomic E-state index is 12.6. The highest BCUT2D eigenvalue weighted by atomic mass is 35.5. The second-order valence-corrected chi connectivity index (χ2v) is 3.50. The Labute approximate surface area is 74.0 Å². The molecule has 0 heterocycles. The highest BCUT2D eigenvalue weighted by Crippen LogP contribution is 2.11. The van der Waals surface area contributed by atoms with Gasteiger partial charge in [0.1, 0.15) is 0 Å². The molecule has 0 saturated heterocycles. The van der Waals surface area contributed by atoms with Gasteiger partial charge in [0, 0.05) is 6.42 Å². The summed E-state index contributed by atoms with van der Waals surface area (Å²) in [5, 5.41) is 0. The van der Waals surface area contributed by atoms with Crippen molar-refractivity contribution in [3.63, 3.8) is 0 Å². The maximum absolute atomic E-state index is 12.6. The first kappa shape index (κ1) is 12.0. The van der Waals surface area contributed by atoms with Gasteiger partial charge in [-0.15, -0.1) is 15.9 Å². The SMILES string of the molecule is O=S(=O)(O)N(CCl)C(F)CCF. The van der Waals surface area contributed by atoms with Crippen LogP contribution in [-0.4, -0.2) is 36.2 Å². The van der Waals surface area contributed by atoms with E-state index >= 15 is 0 Å². The first-order valence-electron chi connectivity index (χ1n) is 2.93. The van der Waals surface area contributed by atoms with Gasteiger partial charge in [0.15, 0.2) is 6.30 Å². The Hall–Kier alpha value is 0.0200. The number of rotatable bonds is 5. The fraction of sp³-hybridized carbons (Fsp3) is 1.00. The average Bonchev–Trinajstić information content (AvgIpc) is 1.85. The molecule has 0 spiro atoms. The van der Waals surface area contributed by atoms with Crippen molar-refractivity contribution in [1.29, 1.82) is 0 Å². The molecule has 1 atom stereocenters. The van der Waals surface area contributed by atoms with E-state index in [0.717, 1.165) is 0 Å². The first-order chi connectivity index (χ1) is 5.43. The summed E-state index contributed by atoms with van der Waals surface area (Å²) in [6.07, 6.45) is -2.77. The Kier molecular flexibility index (Phi) is 4.91. The monoisotopic (exact) mass is 223 g/mol. The van der Waals surface area contributed by atoms with E-state index in [0.29, 0.717) is 0 Å². The largest absolute Gasteiger partial charge is 0.339 e.